The Balaban J connectivity index is 1.07. The smallest absolute Gasteiger partial charge is 0.258 e. The number of likely N-dealkylation sites (tertiary alicyclic amines) is 1. The fourth-order valence-corrected chi connectivity index (χ4v) is 5.45. The molecule has 2 aromatic rings. The normalized spacial score (nSPS) is 29.1. The summed E-state index contributed by atoms with van der Waals surface area (Å²) >= 11 is 11.6. The first-order valence-electron chi connectivity index (χ1n) is 10.4. The van der Waals surface area contributed by atoms with Crippen LogP contribution in [0.2, 0.25) is 10.0 Å². The molecule has 2 bridgehead atoms. The molecule has 5 nitrogen and oxygen atoms in total. The van der Waals surface area contributed by atoms with Gasteiger partial charge in [0.15, 0.2) is 6.61 Å². The topological polar surface area (TPSA) is 50.8 Å². The molecule has 164 valence electrons. The molecule has 1 amide bonds. The van der Waals surface area contributed by atoms with E-state index in [1.165, 1.54) is 12.1 Å². The zero-order chi connectivity index (χ0) is 21.6. The van der Waals surface area contributed by atoms with Crippen LogP contribution < -0.4 is 14.8 Å². The molecule has 4 fully saturated rings. The number of amides is 1. The van der Waals surface area contributed by atoms with Crippen LogP contribution in [0.25, 0.3) is 0 Å². The standard InChI is InChI=1S/C23H23Cl2FN2O3/c24-15-1-3-16(4-2-15)31-18-7-8-28(10-18)23-12-22(13-23,14-23)27-21(29)11-30-17-5-6-19(25)20(26)9-17/h1-6,9,18H,7-8,10-14H2,(H,27,29)/t18-,22?,23?/m1/s1. The number of carbonyl (C=O) groups excluding carboxylic acids is 1. The molecule has 0 unspecified atom stereocenters. The number of ether oxygens (including phenoxy) is 2. The van der Waals surface area contributed by atoms with Gasteiger partial charge in [0, 0.05) is 35.3 Å². The van der Waals surface area contributed by atoms with Gasteiger partial charge in [-0.1, -0.05) is 23.2 Å². The van der Waals surface area contributed by atoms with Crippen LogP contribution in [0.5, 0.6) is 11.5 Å². The molecule has 31 heavy (non-hydrogen) atoms. The Bertz CT molecular complexity index is 981. The summed E-state index contributed by atoms with van der Waals surface area (Å²) in [7, 11) is 0. The maximum absolute atomic E-state index is 13.5. The van der Waals surface area contributed by atoms with Gasteiger partial charge in [0.25, 0.3) is 5.91 Å². The average molecular weight is 465 g/mol. The van der Waals surface area contributed by atoms with Crippen molar-refractivity contribution in [2.75, 3.05) is 19.7 Å². The van der Waals surface area contributed by atoms with Crippen LogP contribution in [0, 0.1) is 5.82 Å². The van der Waals surface area contributed by atoms with E-state index in [1.807, 2.05) is 24.3 Å². The average Bonchev–Trinajstić information content (AvgIpc) is 3.14. The van der Waals surface area contributed by atoms with E-state index in [0.29, 0.717) is 5.02 Å². The van der Waals surface area contributed by atoms with E-state index in [4.69, 9.17) is 32.7 Å². The SMILES string of the molecule is O=C(COc1ccc(Cl)c(F)c1)NC12CC(N3CC[C@@H](Oc4ccc(Cl)cc4)C3)(C1)C2. The number of hydrogen-bond donors (Lipinski definition) is 1. The number of nitrogens with one attached hydrogen (secondary N) is 1. The van der Waals surface area contributed by atoms with Crippen molar-refractivity contribution in [1.82, 2.24) is 10.2 Å². The zero-order valence-electron chi connectivity index (χ0n) is 16.9. The maximum atomic E-state index is 13.5. The summed E-state index contributed by atoms with van der Waals surface area (Å²) in [6, 6.07) is 11.6. The quantitative estimate of drug-likeness (QED) is 0.657. The van der Waals surface area contributed by atoms with Crippen molar-refractivity contribution in [3.63, 3.8) is 0 Å². The number of halogens is 3. The lowest BCUT2D eigenvalue weighted by atomic mass is 9.43. The van der Waals surface area contributed by atoms with E-state index in [9.17, 15) is 9.18 Å². The minimum absolute atomic E-state index is 0.0266. The minimum atomic E-state index is -0.565. The van der Waals surface area contributed by atoms with Crippen molar-refractivity contribution in [3.8, 4) is 11.5 Å². The molecule has 6 rings (SSSR count). The largest absolute Gasteiger partial charge is 0.489 e. The molecular weight excluding hydrogens is 442 g/mol. The second kappa shape index (κ2) is 7.84. The highest BCUT2D eigenvalue weighted by atomic mass is 35.5. The Hall–Kier alpha value is -2.02. The number of carbonyl (C=O) groups is 1. The highest BCUT2D eigenvalue weighted by Gasteiger charge is 2.71. The molecule has 1 aliphatic heterocycles. The predicted molar refractivity (Wildman–Crippen MR) is 116 cm³/mol. The van der Waals surface area contributed by atoms with Crippen molar-refractivity contribution in [3.05, 3.63) is 58.3 Å². The predicted octanol–water partition coefficient (Wildman–Crippen LogP) is 4.46. The van der Waals surface area contributed by atoms with Crippen LogP contribution in [0.4, 0.5) is 4.39 Å². The van der Waals surface area contributed by atoms with Gasteiger partial charge in [-0.05, 0) is 62.1 Å². The highest BCUT2D eigenvalue weighted by Crippen LogP contribution is 2.64. The number of benzene rings is 2. The third-order valence-corrected chi connectivity index (χ3v) is 7.16. The molecule has 1 atom stereocenters. The Morgan fingerprint density at radius 2 is 1.84 bits per heavy atom. The van der Waals surface area contributed by atoms with Crippen LogP contribution in [0.15, 0.2) is 42.5 Å². The first kappa shape index (κ1) is 20.9. The number of rotatable bonds is 7. The van der Waals surface area contributed by atoms with Crippen molar-refractivity contribution in [2.45, 2.75) is 42.9 Å². The van der Waals surface area contributed by atoms with E-state index < -0.39 is 5.82 Å². The number of hydrogen-bond acceptors (Lipinski definition) is 4. The van der Waals surface area contributed by atoms with Gasteiger partial charge >= 0.3 is 0 Å². The Labute approximate surface area is 190 Å². The highest BCUT2D eigenvalue weighted by molar-refractivity contribution is 6.30. The summed E-state index contributed by atoms with van der Waals surface area (Å²) in [5, 5.41) is 3.83. The second-order valence-corrected chi connectivity index (χ2v) is 9.72. The van der Waals surface area contributed by atoms with Crippen LogP contribution in [0.1, 0.15) is 25.7 Å². The van der Waals surface area contributed by atoms with E-state index >= 15 is 0 Å². The van der Waals surface area contributed by atoms with Crippen LogP contribution >= 0.6 is 23.2 Å². The molecule has 3 aliphatic carbocycles. The monoisotopic (exact) mass is 464 g/mol. The summed E-state index contributed by atoms with van der Waals surface area (Å²) in [4.78, 5) is 14.8. The molecule has 8 heteroatoms. The van der Waals surface area contributed by atoms with Crippen molar-refractivity contribution < 1.29 is 18.7 Å². The molecule has 0 radical (unpaired) electrons. The van der Waals surface area contributed by atoms with Gasteiger partial charge in [-0.25, -0.2) is 4.39 Å². The third kappa shape index (κ3) is 4.09. The van der Waals surface area contributed by atoms with Gasteiger partial charge in [0.05, 0.1) is 5.02 Å². The Kier molecular flexibility index (Phi) is 5.27. The molecule has 1 heterocycles. The van der Waals surface area contributed by atoms with Crippen molar-refractivity contribution >= 4 is 29.1 Å². The van der Waals surface area contributed by atoms with Crippen molar-refractivity contribution in [1.29, 1.82) is 0 Å². The summed E-state index contributed by atoms with van der Waals surface area (Å²) in [6.45, 7) is 1.77. The van der Waals surface area contributed by atoms with E-state index in [2.05, 4.69) is 10.2 Å². The van der Waals surface area contributed by atoms with Gasteiger partial charge in [-0.15, -0.1) is 0 Å². The van der Waals surface area contributed by atoms with E-state index in [0.717, 1.165) is 44.5 Å². The van der Waals surface area contributed by atoms with Gasteiger partial charge in [-0.3, -0.25) is 9.69 Å². The lowest BCUT2D eigenvalue weighted by Crippen LogP contribution is -2.83. The summed E-state index contributed by atoms with van der Waals surface area (Å²) in [5.74, 6) is 0.381. The molecule has 0 aromatic heterocycles. The molecule has 4 aliphatic rings. The van der Waals surface area contributed by atoms with Crippen molar-refractivity contribution in [2.24, 2.45) is 0 Å². The van der Waals surface area contributed by atoms with Gasteiger partial charge in [-0.2, -0.15) is 0 Å². The minimum Gasteiger partial charge on any atom is -0.489 e. The lowest BCUT2D eigenvalue weighted by molar-refractivity contribution is -0.179. The summed E-state index contributed by atoms with van der Waals surface area (Å²) < 4.78 is 25.0. The fraction of sp³-hybridized carbons (Fsp3) is 0.435. The molecule has 1 N–H and O–H groups in total. The van der Waals surface area contributed by atoms with Gasteiger partial charge < -0.3 is 14.8 Å². The zero-order valence-corrected chi connectivity index (χ0v) is 18.4. The van der Waals surface area contributed by atoms with Crippen LogP contribution in [-0.4, -0.2) is 47.7 Å². The molecule has 3 saturated carbocycles. The third-order valence-electron chi connectivity index (χ3n) is 6.60. The van der Waals surface area contributed by atoms with Gasteiger partial charge in [0.1, 0.15) is 23.4 Å². The summed E-state index contributed by atoms with van der Waals surface area (Å²) in [6.07, 6.45) is 4.03. The molecule has 1 saturated heterocycles. The lowest BCUT2D eigenvalue weighted by Gasteiger charge is -2.73. The van der Waals surface area contributed by atoms with Crippen LogP contribution in [-0.2, 0) is 4.79 Å². The van der Waals surface area contributed by atoms with Crippen LogP contribution in [0.3, 0.4) is 0 Å². The maximum Gasteiger partial charge on any atom is 0.258 e. The molecule has 2 aromatic carbocycles. The first-order chi connectivity index (χ1) is 14.8. The second-order valence-electron chi connectivity index (χ2n) is 8.88. The fourth-order valence-electron chi connectivity index (χ4n) is 5.21. The van der Waals surface area contributed by atoms with Gasteiger partial charge in [0.2, 0.25) is 0 Å². The Morgan fingerprint density at radius 3 is 2.55 bits per heavy atom. The van der Waals surface area contributed by atoms with E-state index in [-0.39, 0.29) is 40.5 Å². The summed E-state index contributed by atoms with van der Waals surface area (Å²) in [5.41, 5.74) is 0.0619. The first-order valence-corrected chi connectivity index (χ1v) is 11.2. The number of nitrogens with zero attached hydrogens (tertiary/aromatic N) is 1. The van der Waals surface area contributed by atoms with E-state index in [1.54, 1.807) is 6.07 Å². The Morgan fingerprint density at radius 1 is 1.13 bits per heavy atom. The molecular formula is C23H23Cl2FN2O3. The molecule has 0 spiro atoms.